The van der Waals surface area contributed by atoms with E-state index in [4.69, 9.17) is 0 Å². The zero-order valence-corrected chi connectivity index (χ0v) is 12.7. The van der Waals surface area contributed by atoms with Crippen LogP contribution in [0, 0.1) is 0 Å². The third-order valence-corrected chi connectivity index (χ3v) is 5.07. The molecule has 1 aliphatic rings. The molecule has 0 spiro atoms. The van der Waals surface area contributed by atoms with E-state index in [1.54, 1.807) is 0 Å². The number of hydrogen-bond acceptors (Lipinski definition) is 4. The van der Waals surface area contributed by atoms with E-state index < -0.39 is 4.75 Å². The van der Waals surface area contributed by atoms with E-state index in [1.807, 2.05) is 13.8 Å². The third kappa shape index (κ3) is 5.10. The van der Waals surface area contributed by atoms with Crippen LogP contribution in [0.15, 0.2) is 0 Å². The van der Waals surface area contributed by atoms with E-state index in [0.717, 1.165) is 19.3 Å². The predicted octanol–water partition coefficient (Wildman–Crippen LogP) is 1.91. The summed E-state index contributed by atoms with van der Waals surface area (Å²) in [6.45, 7) is 4.35. The number of rotatable bonds is 8. The molecule has 1 atom stereocenters. The summed E-state index contributed by atoms with van der Waals surface area (Å²) in [4.78, 5) is 23.1. The number of carbonyl (C=O) groups is 2. The Morgan fingerprint density at radius 3 is 2.61 bits per heavy atom. The number of carbonyl (C=O) groups excluding carboxylic acids is 2. The Morgan fingerprint density at radius 1 is 1.44 bits per heavy atom. The molecule has 1 saturated carbocycles. The first-order valence-electron chi connectivity index (χ1n) is 6.42. The minimum Gasteiger partial charge on any atom is -0.356 e. The molecular formula is C12H22N2O2S2. The van der Waals surface area contributed by atoms with E-state index in [2.05, 4.69) is 22.3 Å². The van der Waals surface area contributed by atoms with Crippen molar-refractivity contribution in [3.05, 3.63) is 0 Å². The first-order valence-corrected chi connectivity index (χ1v) is 8.29. The van der Waals surface area contributed by atoms with Crippen LogP contribution in [0.2, 0.25) is 0 Å². The lowest BCUT2D eigenvalue weighted by Crippen LogP contribution is -2.43. The van der Waals surface area contributed by atoms with Crippen LogP contribution in [-0.4, -0.2) is 29.1 Å². The standard InChI is InChI=1S/C12H22N2O2S2/c1-3-10(15)13-8-4-7-12(2,18-17)11(16)14-9-5-6-9/h9,17H,3-8H2,1-2H3,(H,13,15)(H,14,16). The average molecular weight is 290 g/mol. The maximum atomic E-state index is 12.1. The predicted molar refractivity (Wildman–Crippen MR) is 78.7 cm³/mol. The lowest BCUT2D eigenvalue weighted by Gasteiger charge is -2.25. The SMILES string of the molecule is CCC(=O)NCCCC(C)(SS)C(=O)NC1CC1. The van der Waals surface area contributed by atoms with Gasteiger partial charge in [-0.25, -0.2) is 0 Å². The van der Waals surface area contributed by atoms with Gasteiger partial charge in [0, 0.05) is 19.0 Å². The van der Waals surface area contributed by atoms with Crippen molar-refractivity contribution in [3.8, 4) is 0 Å². The smallest absolute Gasteiger partial charge is 0.237 e. The van der Waals surface area contributed by atoms with Gasteiger partial charge in [-0.15, -0.1) is 11.7 Å². The molecule has 18 heavy (non-hydrogen) atoms. The van der Waals surface area contributed by atoms with E-state index >= 15 is 0 Å². The number of thiol groups is 1. The molecular weight excluding hydrogens is 268 g/mol. The molecule has 1 rings (SSSR count). The first kappa shape index (κ1) is 15.7. The van der Waals surface area contributed by atoms with Gasteiger partial charge in [0.25, 0.3) is 0 Å². The summed E-state index contributed by atoms with van der Waals surface area (Å²) in [5.74, 6) is 0.115. The topological polar surface area (TPSA) is 58.2 Å². The quantitative estimate of drug-likeness (QED) is 0.363. The van der Waals surface area contributed by atoms with Gasteiger partial charge in [-0.2, -0.15) is 0 Å². The number of hydrogen-bond donors (Lipinski definition) is 3. The monoisotopic (exact) mass is 290 g/mol. The summed E-state index contributed by atoms with van der Waals surface area (Å²) in [7, 11) is 1.28. The minimum absolute atomic E-state index is 0.0534. The zero-order chi connectivity index (χ0) is 13.6. The Hall–Kier alpha value is -0.360. The highest BCUT2D eigenvalue weighted by Gasteiger charge is 2.36. The number of amides is 2. The summed E-state index contributed by atoms with van der Waals surface area (Å²) in [5, 5.41) is 5.83. The van der Waals surface area contributed by atoms with Gasteiger partial charge < -0.3 is 10.6 Å². The third-order valence-electron chi connectivity index (χ3n) is 3.07. The molecule has 1 unspecified atom stereocenters. The molecule has 0 radical (unpaired) electrons. The van der Waals surface area contributed by atoms with Crippen molar-refractivity contribution >= 4 is 34.3 Å². The van der Waals surface area contributed by atoms with Crippen molar-refractivity contribution in [2.75, 3.05) is 6.54 Å². The van der Waals surface area contributed by atoms with Crippen LogP contribution in [0.5, 0.6) is 0 Å². The second-order valence-corrected chi connectivity index (χ2v) is 6.51. The lowest BCUT2D eigenvalue weighted by atomic mass is 10.0. The molecule has 0 bridgehead atoms. The van der Waals surface area contributed by atoms with Gasteiger partial charge in [-0.05, 0) is 32.6 Å². The van der Waals surface area contributed by atoms with Gasteiger partial charge >= 0.3 is 0 Å². The highest BCUT2D eigenvalue weighted by molar-refractivity contribution is 8.69. The van der Waals surface area contributed by atoms with Crippen LogP contribution < -0.4 is 10.6 Å². The molecule has 2 amide bonds. The summed E-state index contributed by atoms with van der Waals surface area (Å²) in [6.07, 6.45) is 4.18. The van der Waals surface area contributed by atoms with Crippen molar-refractivity contribution in [3.63, 3.8) is 0 Å². The normalized spacial score (nSPS) is 17.9. The van der Waals surface area contributed by atoms with Crippen LogP contribution in [0.1, 0.15) is 46.0 Å². The Morgan fingerprint density at radius 2 is 2.11 bits per heavy atom. The van der Waals surface area contributed by atoms with Crippen LogP contribution in [-0.2, 0) is 9.59 Å². The maximum Gasteiger partial charge on any atom is 0.237 e. The van der Waals surface area contributed by atoms with Crippen molar-refractivity contribution in [1.29, 1.82) is 0 Å². The second kappa shape index (κ2) is 7.28. The van der Waals surface area contributed by atoms with E-state index in [0.29, 0.717) is 25.4 Å². The highest BCUT2D eigenvalue weighted by atomic mass is 33.1. The van der Waals surface area contributed by atoms with E-state index in [-0.39, 0.29) is 11.8 Å². The minimum atomic E-state index is -0.511. The van der Waals surface area contributed by atoms with Gasteiger partial charge in [0.15, 0.2) is 0 Å². The summed E-state index contributed by atoms with van der Waals surface area (Å²) < 4.78 is -0.511. The first-order chi connectivity index (χ1) is 8.51. The van der Waals surface area contributed by atoms with E-state index in [9.17, 15) is 9.59 Å². The fourth-order valence-corrected chi connectivity index (χ4v) is 2.44. The van der Waals surface area contributed by atoms with Gasteiger partial charge in [0.1, 0.15) is 4.75 Å². The Bertz CT molecular complexity index is 308. The number of nitrogens with one attached hydrogen (secondary N) is 2. The molecule has 104 valence electrons. The van der Waals surface area contributed by atoms with Gasteiger partial charge in [-0.1, -0.05) is 17.7 Å². The molecule has 2 N–H and O–H groups in total. The molecule has 0 aromatic carbocycles. The van der Waals surface area contributed by atoms with Crippen molar-refractivity contribution in [2.45, 2.75) is 56.7 Å². The Balaban J connectivity index is 2.29. The molecule has 1 fully saturated rings. The maximum absolute atomic E-state index is 12.1. The fraction of sp³-hybridized carbons (Fsp3) is 0.833. The van der Waals surface area contributed by atoms with Gasteiger partial charge in [-0.3, -0.25) is 9.59 Å². The van der Waals surface area contributed by atoms with Crippen molar-refractivity contribution in [2.24, 2.45) is 0 Å². The molecule has 0 aliphatic heterocycles. The van der Waals surface area contributed by atoms with E-state index in [1.165, 1.54) is 10.8 Å². The van der Waals surface area contributed by atoms with Crippen LogP contribution in [0.3, 0.4) is 0 Å². The molecule has 0 saturated heterocycles. The zero-order valence-electron chi connectivity index (χ0n) is 11.0. The molecule has 0 aromatic heterocycles. The Labute approximate surface area is 118 Å². The molecule has 6 heteroatoms. The Kier molecular flexibility index (Phi) is 6.35. The van der Waals surface area contributed by atoms with Crippen molar-refractivity contribution in [1.82, 2.24) is 10.6 Å². The molecule has 1 aliphatic carbocycles. The summed E-state index contributed by atoms with van der Waals surface area (Å²) >= 11 is 4.21. The van der Waals surface area contributed by atoms with Gasteiger partial charge in [0.05, 0.1) is 0 Å². The van der Waals surface area contributed by atoms with Gasteiger partial charge in [0.2, 0.25) is 11.8 Å². The van der Waals surface area contributed by atoms with Crippen molar-refractivity contribution < 1.29 is 9.59 Å². The lowest BCUT2D eigenvalue weighted by molar-refractivity contribution is -0.123. The summed E-state index contributed by atoms with van der Waals surface area (Å²) in [5.41, 5.74) is 0. The van der Waals surface area contributed by atoms with Crippen LogP contribution in [0.4, 0.5) is 0 Å². The van der Waals surface area contributed by atoms with Crippen LogP contribution in [0.25, 0.3) is 0 Å². The summed E-state index contributed by atoms with van der Waals surface area (Å²) in [6, 6.07) is 0.372. The molecule has 0 aromatic rings. The average Bonchev–Trinajstić information content (AvgIpc) is 3.17. The van der Waals surface area contributed by atoms with Crippen LogP contribution >= 0.6 is 22.5 Å². The molecule has 0 heterocycles. The largest absolute Gasteiger partial charge is 0.356 e. The molecule has 4 nitrogen and oxygen atoms in total. The fourth-order valence-electron chi connectivity index (χ4n) is 1.54. The second-order valence-electron chi connectivity index (χ2n) is 4.88. The highest BCUT2D eigenvalue weighted by Crippen LogP contribution is 2.34.